The van der Waals surface area contributed by atoms with E-state index in [0.717, 1.165) is 16.7 Å². The fourth-order valence-corrected chi connectivity index (χ4v) is 4.40. The van der Waals surface area contributed by atoms with E-state index in [4.69, 9.17) is 19.9 Å². The number of allylic oxidation sites excluding steroid dienone is 1. The molecule has 4 rings (SSSR count). The van der Waals surface area contributed by atoms with Crippen molar-refractivity contribution in [3.63, 3.8) is 0 Å². The van der Waals surface area contributed by atoms with Crippen LogP contribution in [-0.2, 0) is 4.79 Å². The number of nitrogens with zero attached hydrogens (tertiary/aromatic N) is 4. The van der Waals surface area contributed by atoms with Gasteiger partial charge in [0.05, 0.1) is 31.1 Å². The van der Waals surface area contributed by atoms with Crippen LogP contribution < -0.4 is 25.3 Å². The number of nitrogens with two attached hydrogens (primary N) is 1. The first-order valence-electron chi connectivity index (χ1n) is 12.2. The average Bonchev–Trinajstić information content (AvgIpc) is 2.95. The van der Waals surface area contributed by atoms with Gasteiger partial charge in [-0.1, -0.05) is 6.58 Å². The number of piperidine rings is 1. The number of nitrogens with one attached hydrogen (secondary N) is 1. The Hall–Kier alpha value is -4.60. The molecule has 0 unspecified atom stereocenters. The molecule has 2 aromatic carbocycles. The van der Waals surface area contributed by atoms with Gasteiger partial charge in [0.1, 0.15) is 24.0 Å². The third kappa shape index (κ3) is 5.69. The van der Waals surface area contributed by atoms with Crippen molar-refractivity contribution in [2.24, 2.45) is 10.7 Å². The van der Waals surface area contributed by atoms with Crippen molar-refractivity contribution >= 4 is 34.0 Å². The number of ether oxygens (including phenoxy) is 3. The molecule has 0 aliphatic carbocycles. The topological polar surface area (TPSA) is 124 Å². The van der Waals surface area contributed by atoms with Gasteiger partial charge in [-0.3, -0.25) is 9.79 Å². The molecule has 0 atom stereocenters. The van der Waals surface area contributed by atoms with Crippen LogP contribution >= 0.6 is 0 Å². The summed E-state index contributed by atoms with van der Waals surface area (Å²) in [6.07, 6.45) is 7.38. The predicted molar refractivity (Wildman–Crippen MR) is 149 cm³/mol. The molecule has 198 valence electrons. The van der Waals surface area contributed by atoms with Gasteiger partial charge in [0.15, 0.2) is 11.5 Å². The normalized spacial score (nSPS) is 14.5. The van der Waals surface area contributed by atoms with E-state index >= 15 is 0 Å². The Kier molecular flexibility index (Phi) is 8.42. The summed E-state index contributed by atoms with van der Waals surface area (Å²) in [6, 6.07) is 9.40. The lowest BCUT2D eigenvalue weighted by Gasteiger charge is -2.31. The third-order valence-electron chi connectivity index (χ3n) is 6.39. The van der Waals surface area contributed by atoms with Crippen LogP contribution in [0.5, 0.6) is 17.2 Å². The quantitative estimate of drug-likeness (QED) is 0.325. The van der Waals surface area contributed by atoms with E-state index in [9.17, 15) is 4.79 Å². The van der Waals surface area contributed by atoms with E-state index in [2.05, 4.69) is 26.9 Å². The predicted octanol–water partition coefficient (Wildman–Crippen LogP) is 3.84. The molecule has 3 N–H and O–H groups in total. The van der Waals surface area contributed by atoms with Crippen LogP contribution in [0.25, 0.3) is 10.9 Å². The van der Waals surface area contributed by atoms with Crippen LogP contribution in [0.15, 0.2) is 66.6 Å². The molecule has 1 aromatic heterocycles. The molecule has 1 aliphatic heterocycles. The molecular formula is C28H32N6O4. The van der Waals surface area contributed by atoms with Crippen LogP contribution in [-0.4, -0.2) is 66.9 Å². The van der Waals surface area contributed by atoms with E-state index in [1.54, 1.807) is 32.2 Å². The number of amides is 1. The van der Waals surface area contributed by atoms with Crippen LogP contribution in [0.1, 0.15) is 18.4 Å². The maximum Gasteiger partial charge on any atom is 0.245 e. The van der Waals surface area contributed by atoms with Crippen LogP contribution in [0, 0.1) is 0 Å². The van der Waals surface area contributed by atoms with E-state index in [1.807, 2.05) is 30.3 Å². The highest BCUT2D eigenvalue weighted by atomic mass is 16.5. The zero-order chi connectivity index (χ0) is 27.1. The Morgan fingerprint density at radius 2 is 1.89 bits per heavy atom. The summed E-state index contributed by atoms with van der Waals surface area (Å²) >= 11 is 0. The summed E-state index contributed by atoms with van der Waals surface area (Å²) in [6.45, 7) is 4.79. The molecule has 0 saturated carbocycles. The standard InChI is InChI=1S/C28H32N6O4/c1-5-27(35)34-12-9-19(10-13-34)38-26-15-20-22(16-25(26)37-4)31-17-32-28(20)33-23-14-18(6-7-24(23)36-3)21(30-2)8-11-29/h5-8,11,14-17,19H,1,9-10,12-13,29H2,2-4H3,(H,31,32,33). The molecule has 1 aliphatic rings. The number of anilines is 2. The number of likely N-dealkylation sites (tertiary alicyclic amines) is 1. The van der Waals surface area contributed by atoms with Crippen molar-refractivity contribution in [2.45, 2.75) is 18.9 Å². The lowest BCUT2D eigenvalue weighted by molar-refractivity contribution is -0.127. The van der Waals surface area contributed by atoms with Crippen molar-refractivity contribution in [2.75, 3.05) is 39.7 Å². The monoisotopic (exact) mass is 516 g/mol. The summed E-state index contributed by atoms with van der Waals surface area (Å²) in [5.74, 6) is 2.31. The summed E-state index contributed by atoms with van der Waals surface area (Å²) in [7, 11) is 4.91. The minimum absolute atomic E-state index is 0.0597. The third-order valence-corrected chi connectivity index (χ3v) is 6.39. The second-order valence-electron chi connectivity index (χ2n) is 8.60. The smallest absolute Gasteiger partial charge is 0.245 e. The summed E-state index contributed by atoms with van der Waals surface area (Å²) < 4.78 is 17.6. The van der Waals surface area contributed by atoms with E-state index in [0.29, 0.717) is 60.2 Å². The van der Waals surface area contributed by atoms with Crippen molar-refractivity contribution in [1.82, 2.24) is 14.9 Å². The number of fused-ring (bicyclic) bond motifs is 1. The van der Waals surface area contributed by atoms with Crippen LogP contribution in [0.3, 0.4) is 0 Å². The van der Waals surface area contributed by atoms with Crippen LogP contribution in [0.2, 0.25) is 0 Å². The molecule has 1 saturated heterocycles. The molecule has 0 spiro atoms. The number of aromatic nitrogens is 2. The number of carbonyl (C=O) groups is 1. The Bertz CT molecular complexity index is 1380. The van der Waals surface area contributed by atoms with E-state index < -0.39 is 0 Å². The van der Waals surface area contributed by atoms with Gasteiger partial charge in [0.2, 0.25) is 5.91 Å². The van der Waals surface area contributed by atoms with Crippen molar-refractivity contribution in [3.8, 4) is 17.2 Å². The van der Waals surface area contributed by atoms with Crippen LogP contribution in [0.4, 0.5) is 11.5 Å². The zero-order valence-electron chi connectivity index (χ0n) is 21.8. The minimum atomic E-state index is -0.0598. The SMILES string of the molecule is C=CC(=O)N1CCC(Oc2cc3c(Nc4cc(C(C=CN)=NC)ccc4OC)ncnc3cc2OC)CC1. The number of methoxy groups -OCH3 is 2. The first kappa shape index (κ1) is 26.5. The van der Waals surface area contributed by atoms with Gasteiger partial charge in [-0.15, -0.1) is 0 Å². The lowest BCUT2D eigenvalue weighted by Crippen LogP contribution is -2.41. The number of hydrogen-bond acceptors (Lipinski definition) is 9. The largest absolute Gasteiger partial charge is 0.495 e. The summed E-state index contributed by atoms with van der Waals surface area (Å²) in [5.41, 5.74) is 8.58. The fourth-order valence-electron chi connectivity index (χ4n) is 4.40. The highest BCUT2D eigenvalue weighted by Crippen LogP contribution is 2.37. The Morgan fingerprint density at radius 3 is 2.55 bits per heavy atom. The molecule has 10 heteroatoms. The highest BCUT2D eigenvalue weighted by molar-refractivity contribution is 6.09. The number of aliphatic imine (C=N–C) groups is 1. The number of carbonyl (C=O) groups excluding carboxylic acids is 1. The van der Waals surface area contributed by atoms with Gasteiger partial charge in [0.25, 0.3) is 0 Å². The van der Waals surface area contributed by atoms with E-state index in [-0.39, 0.29) is 12.0 Å². The van der Waals surface area contributed by atoms with Gasteiger partial charge in [-0.25, -0.2) is 9.97 Å². The maximum atomic E-state index is 11.9. The van der Waals surface area contributed by atoms with Crippen molar-refractivity contribution in [3.05, 3.63) is 67.2 Å². The molecule has 1 fully saturated rings. The molecule has 1 amide bonds. The summed E-state index contributed by atoms with van der Waals surface area (Å²) in [4.78, 5) is 26.9. The average molecular weight is 517 g/mol. The van der Waals surface area contributed by atoms with Gasteiger partial charge < -0.3 is 30.2 Å². The number of rotatable bonds is 9. The Balaban J connectivity index is 1.66. The molecule has 3 aromatic rings. The molecule has 38 heavy (non-hydrogen) atoms. The first-order chi connectivity index (χ1) is 18.5. The van der Waals surface area contributed by atoms with Gasteiger partial charge >= 0.3 is 0 Å². The maximum absolute atomic E-state index is 11.9. The molecule has 2 heterocycles. The first-order valence-corrected chi connectivity index (χ1v) is 12.2. The minimum Gasteiger partial charge on any atom is -0.495 e. The molecule has 10 nitrogen and oxygen atoms in total. The summed E-state index contributed by atoms with van der Waals surface area (Å²) in [5, 5.41) is 4.14. The highest BCUT2D eigenvalue weighted by Gasteiger charge is 2.24. The van der Waals surface area contributed by atoms with Crippen molar-refractivity contribution < 1.29 is 19.0 Å². The van der Waals surface area contributed by atoms with Gasteiger partial charge in [-0.05, 0) is 42.6 Å². The van der Waals surface area contributed by atoms with Gasteiger partial charge in [-0.2, -0.15) is 0 Å². The zero-order valence-corrected chi connectivity index (χ0v) is 21.8. The second-order valence-corrected chi connectivity index (χ2v) is 8.60. The molecule has 0 radical (unpaired) electrons. The Labute approximate surface area is 221 Å². The fraction of sp³-hybridized carbons (Fsp3) is 0.286. The second kappa shape index (κ2) is 12.1. The Morgan fingerprint density at radius 1 is 1.13 bits per heavy atom. The van der Waals surface area contributed by atoms with E-state index in [1.165, 1.54) is 18.6 Å². The molecule has 0 bridgehead atoms. The van der Waals surface area contributed by atoms with Gasteiger partial charge in [0, 0.05) is 50.0 Å². The lowest BCUT2D eigenvalue weighted by atomic mass is 10.1. The molecular weight excluding hydrogens is 484 g/mol. The van der Waals surface area contributed by atoms with Crippen molar-refractivity contribution in [1.29, 1.82) is 0 Å². The number of hydrogen-bond donors (Lipinski definition) is 2. The number of benzene rings is 2.